The average Bonchev–Trinajstić information content (AvgIpc) is 3.05. The standard InChI is InChI=1S/C15H25N3O3S/c1-5-6-10-22-13-17-16-12(20-13)11-8-7-9-18(11)14(19)21-15(2,3)4/h11H,5-10H2,1-4H3/t11-/m1/s1. The van der Waals surface area contributed by atoms with E-state index in [2.05, 4.69) is 17.1 Å². The fourth-order valence-electron chi connectivity index (χ4n) is 2.28. The number of carbonyl (C=O) groups excluding carboxylic acids is 1. The Balaban J connectivity index is 1.99. The lowest BCUT2D eigenvalue weighted by Crippen LogP contribution is -2.36. The Morgan fingerprint density at radius 1 is 1.45 bits per heavy atom. The van der Waals surface area contributed by atoms with E-state index in [4.69, 9.17) is 9.15 Å². The van der Waals surface area contributed by atoms with Crippen LogP contribution in [0.3, 0.4) is 0 Å². The number of carbonyl (C=O) groups is 1. The molecule has 22 heavy (non-hydrogen) atoms. The molecule has 0 N–H and O–H groups in total. The van der Waals surface area contributed by atoms with Crippen LogP contribution in [0.5, 0.6) is 0 Å². The summed E-state index contributed by atoms with van der Waals surface area (Å²) in [6.45, 7) is 8.42. The zero-order valence-electron chi connectivity index (χ0n) is 13.8. The Kier molecular flexibility index (Phi) is 5.72. The van der Waals surface area contributed by atoms with Gasteiger partial charge in [-0.05, 0) is 40.0 Å². The predicted octanol–water partition coefficient (Wildman–Crippen LogP) is 4.03. The van der Waals surface area contributed by atoms with Crippen LogP contribution in [0.2, 0.25) is 0 Å². The molecule has 1 aliphatic rings. The highest BCUT2D eigenvalue weighted by Crippen LogP contribution is 2.33. The average molecular weight is 327 g/mol. The lowest BCUT2D eigenvalue weighted by Gasteiger charge is -2.27. The lowest BCUT2D eigenvalue weighted by atomic mass is 10.2. The normalized spacial score (nSPS) is 18.7. The molecule has 0 spiro atoms. The van der Waals surface area contributed by atoms with Gasteiger partial charge in [-0.3, -0.25) is 4.90 Å². The van der Waals surface area contributed by atoms with Crippen molar-refractivity contribution in [1.82, 2.24) is 15.1 Å². The third-order valence-electron chi connectivity index (χ3n) is 3.31. The quantitative estimate of drug-likeness (QED) is 0.600. The Bertz CT molecular complexity index is 498. The van der Waals surface area contributed by atoms with Crippen molar-refractivity contribution in [3.8, 4) is 0 Å². The van der Waals surface area contributed by atoms with Crippen LogP contribution >= 0.6 is 11.8 Å². The maximum absolute atomic E-state index is 12.3. The summed E-state index contributed by atoms with van der Waals surface area (Å²) in [4.78, 5) is 14.0. The molecular weight excluding hydrogens is 302 g/mol. The van der Waals surface area contributed by atoms with Crippen molar-refractivity contribution in [1.29, 1.82) is 0 Å². The molecule has 1 aliphatic heterocycles. The number of hydrogen-bond acceptors (Lipinski definition) is 6. The van der Waals surface area contributed by atoms with Crippen molar-refractivity contribution in [2.24, 2.45) is 0 Å². The monoisotopic (exact) mass is 327 g/mol. The van der Waals surface area contributed by atoms with E-state index in [1.807, 2.05) is 20.8 Å². The Morgan fingerprint density at radius 2 is 2.23 bits per heavy atom. The van der Waals surface area contributed by atoms with Crippen LogP contribution in [-0.2, 0) is 4.74 Å². The van der Waals surface area contributed by atoms with Crippen molar-refractivity contribution in [2.45, 2.75) is 70.2 Å². The number of thioether (sulfide) groups is 1. The van der Waals surface area contributed by atoms with E-state index >= 15 is 0 Å². The van der Waals surface area contributed by atoms with Gasteiger partial charge in [0.25, 0.3) is 5.22 Å². The molecule has 0 aromatic carbocycles. The molecule has 1 saturated heterocycles. The molecule has 6 nitrogen and oxygen atoms in total. The molecule has 2 rings (SSSR count). The van der Waals surface area contributed by atoms with E-state index in [0.717, 1.165) is 31.4 Å². The molecule has 124 valence electrons. The van der Waals surface area contributed by atoms with Gasteiger partial charge in [0.15, 0.2) is 0 Å². The Labute approximate surface area is 136 Å². The third-order valence-corrected chi connectivity index (χ3v) is 4.22. The number of unbranched alkanes of at least 4 members (excludes halogenated alkanes) is 1. The summed E-state index contributed by atoms with van der Waals surface area (Å²) in [5.74, 6) is 1.49. The second-order valence-corrected chi connectivity index (χ2v) is 7.49. The van der Waals surface area contributed by atoms with Gasteiger partial charge in [-0.2, -0.15) is 0 Å². The largest absolute Gasteiger partial charge is 0.444 e. The van der Waals surface area contributed by atoms with Gasteiger partial charge in [-0.25, -0.2) is 4.79 Å². The summed E-state index contributed by atoms with van der Waals surface area (Å²) in [5.41, 5.74) is -0.500. The topological polar surface area (TPSA) is 68.5 Å². The smallest absolute Gasteiger partial charge is 0.410 e. The maximum Gasteiger partial charge on any atom is 0.410 e. The van der Waals surface area contributed by atoms with Gasteiger partial charge in [0.05, 0.1) is 0 Å². The number of likely N-dealkylation sites (tertiary alicyclic amines) is 1. The minimum absolute atomic E-state index is 0.164. The highest BCUT2D eigenvalue weighted by atomic mass is 32.2. The zero-order valence-corrected chi connectivity index (χ0v) is 14.6. The number of aromatic nitrogens is 2. The SMILES string of the molecule is CCCCSc1nnc([C@H]2CCCN2C(=O)OC(C)(C)C)o1. The van der Waals surface area contributed by atoms with Crippen LogP contribution in [0.25, 0.3) is 0 Å². The molecule has 0 saturated carbocycles. The van der Waals surface area contributed by atoms with Crippen molar-refractivity contribution in [2.75, 3.05) is 12.3 Å². The molecule has 0 radical (unpaired) electrons. The minimum atomic E-state index is -0.500. The minimum Gasteiger partial charge on any atom is -0.444 e. The van der Waals surface area contributed by atoms with E-state index in [-0.39, 0.29) is 12.1 Å². The molecule has 7 heteroatoms. The predicted molar refractivity (Wildman–Crippen MR) is 84.8 cm³/mol. The molecule has 0 aliphatic carbocycles. The van der Waals surface area contributed by atoms with Crippen molar-refractivity contribution < 1.29 is 13.9 Å². The number of amides is 1. The van der Waals surface area contributed by atoms with E-state index in [1.54, 1.807) is 16.7 Å². The molecule has 1 atom stereocenters. The second-order valence-electron chi connectivity index (χ2n) is 6.44. The van der Waals surface area contributed by atoms with Gasteiger partial charge in [-0.15, -0.1) is 10.2 Å². The number of rotatable bonds is 5. The second kappa shape index (κ2) is 7.35. The van der Waals surface area contributed by atoms with Crippen molar-refractivity contribution >= 4 is 17.9 Å². The van der Waals surface area contributed by atoms with Crippen LogP contribution in [0.4, 0.5) is 4.79 Å². The van der Waals surface area contributed by atoms with Crippen molar-refractivity contribution in [3.63, 3.8) is 0 Å². The summed E-state index contributed by atoms with van der Waals surface area (Å²) >= 11 is 1.57. The number of nitrogens with zero attached hydrogens (tertiary/aromatic N) is 3. The van der Waals surface area contributed by atoms with Gasteiger partial charge in [0.1, 0.15) is 11.6 Å². The van der Waals surface area contributed by atoms with Gasteiger partial charge >= 0.3 is 6.09 Å². The van der Waals surface area contributed by atoms with Crippen LogP contribution in [0.1, 0.15) is 65.3 Å². The summed E-state index contributed by atoms with van der Waals surface area (Å²) < 4.78 is 11.2. The third kappa shape index (κ3) is 4.63. The maximum atomic E-state index is 12.3. The highest BCUT2D eigenvalue weighted by Gasteiger charge is 2.36. The van der Waals surface area contributed by atoms with Gasteiger partial charge in [-0.1, -0.05) is 25.1 Å². The first-order chi connectivity index (χ1) is 10.4. The fourth-order valence-corrected chi connectivity index (χ4v) is 3.13. The molecule has 2 heterocycles. The van der Waals surface area contributed by atoms with Gasteiger partial charge in [0, 0.05) is 12.3 Å². The first-order valence-electron chi connectivity index (χ1n) is 7.86. The van der Waals surface area contributed by atoms with Crippen LogP contribution in [0.15, 0.2) is 9.64 Å². The number of hydrogen-bond donors (Lipinski definition) is 0. The Hall–Kier alpha value is -1.24. The summed E-state index contributed by atoms with van der Waals surface area (Å²) in [6, 6.07) is -0.164. The molecule has 1 amide bonds. The van der Waals surface area contributed by atoms with Crippen LogP contribution in [0, 0.1) is 0 Å². The van der Waals surface area contributed by atoms with E-state index in [9.17, 15) is 4.79 Å². The molecule has 1 fully saturated rings. The summed E-state index contributed by atoms with van der Waals surface area (Å²) in [6.07, 6.45) is 3.71. The van der Waals surface area contributed by atoms with Crippen LogP contribution < -0.4 is 0 Å². The molecule has 1 aromatic rings. The van der Waals surface area contributed by atoms with E-state index in [1.165, 1.54) is 0 Å². The van der Waals surface area contributed by atoms with Crippen molar-refractivity contribution in [3.05, 3.63) is 5.89 Å². The van der Waals surface area contributed by atoms with Gasteiger partial charge in [0.2, 0.25) is 5.89 Å². The molecule has 1 aromatic heterocycles. The lowest BCUT2D eigenvalue weighted by molar-refractivity contribution is 0.0201. The molecular formula is C15H25N3O3S. The van der Waals surface area contributed by atoms with Crippen LogP contribution in [-0.4, -0.2) is 39.1 Å². The fraction of sp³-hybridized carbons (Fsp3) is 0.800. The first kappa shape index (κ1) is 17.1. The van der Waals surface area contributed by atoms with E-state index in [0.29, 0.717) is 17.7 Å². The number of ether oxygens (including phenoxy) is 1. The highest BCUT2D eigenvalue weighted by molar-refractivity contribution is 7.99. The zero-order chi connectivity index (χ0) is 16.2. The summed E-state index contributed by atoms with van der Waals surface area (Å²) in [5, 5.41) is 8.77. The Morgan fingerprint density at radius 3 is 2.91 bits per heavy atom. The van der Waals surface area contributed by atoms with Gasteiger partial charge < -0.3 is 9.15 Å². The van der Waals surface area contributed by atoms with E-state index < -0.39 is 5.60 Å². The molecule has 0 bridgehead atoms. The summed E-state index contributed by atoms with van der Waals surface area (Å²) in [7, 11) is 0. The molecule has 0 unspecified atom stereocenters. The first-order valence-corrected chi connectivity index (χ1v) is 8.85.